The first kappa shape index (κ1) is 11.6. The van der Waals surface area contributed by atoms with E-state index in [-0.39, 0.29) is 17.0 Å². The van der Waals surface area contributed by atoms with Gasteiger partial charge in [0.05, 0.1) is 0 Å². The van der Waals surface area contributed by atoms with Crippen LogP contribution in [-0.4, -0.2) is 16.2 Å². The van der Waals surface area contributed by atoms with Crippen molar-refractivity contribution in [2.45, 2.75) is 6.92 Å². The molecule has 0 spiro atoms. The van der Waals surface area contributed by atoms with Crippen molar-refractivity contribution in [3.05, 3.63) is 40.4 Å². The Hall–Kier alpha value is -1.88. The van der Waals surface area contributed by atoms with E-state index in [0.717, 1.165) is 6.07 Å². The van der Waals surface area contributed by atoms with Crippen LogP contribution in [0.15, 0.2) is 22.7 Å². The molecule has 0 unspecified atom stereocenters. The van der Waals surface area contributed by atoms with Gasteiger partial charge in [-0.15, -0.1) is 0 Å². The van der Waals surface area contributed by atoms with Gasteiger partial charge in [0.15, 0.2) is 0 Å². The number of hydrogen-bond acceptors (Lipinski definition) is 3. The quantitative estimate of drug-likeness (QED) is 0.895. The van der Waals surface area contributed by atoms with Crippen LogP contribution in [0.5, 0.6) is 0 Å². The normalized spacial score (nSPS) is 10.5. The Morgan fingerprint density at radius 2 is 2.18 bits per heavy atom. The van der Waals surface area contributed by atoms with E-state index in [9.17, 15) is 9.18 Å². The highest BCUT2D eigenvalue weighted by Crippen LogP contribution is 2.28. The molecule has 88 valence electrons. The average Bonchev–Trinajstić information content (AvgIpc) is 2.72. The van der Waals surface area contributed by atoms with Crippen LogP contribution in [0, 0.1) is 12.7 Å². The fourth-order valence-electron chi connectivity index (χ4n) is 1.41. The molecule has 0 radical (unpaired) electrons. The summed E-state index contributed by atoms with van der Waals surface area (Å²) in [6, 6.07) is 3.99. The molecule has 0 amide bonds. The number of halogens is 2. The van der Waals surface area contributed by atoms with E-state index in [1.165, 1.54) is 12.1 Å². The zero-order chi connectivity index (χ0) is 12.6. The van der Waals surface area contributed by atoms with Crippen molar-refractivity contribution in [1.82, 2.24) is 5.16 Å². The summed E-state index contributed by atoms with van der Waals surface area (Å²) in [6.45, 7) is 1.56. The molecule has 1 aromatic carbocycles. The Labute approximate surface area is 101 Å². The molecular weight excluding hydrogens is 249 g/mol. The van der Waals surface area contributed by atoms with Crippen LogP contribution in [0.2, 0.25) is 5.02 Å². The third-order valence-corrected chi connectivity index (χ3v) is 2.43. The highest BCUT2D eigenvalue weighted by atomic mass is 35.5. The van der Waals surface area contributed by atoms with Crippen molar-refractivity contribution >= 4 is 17.6 Å². The third kappa shape index (κ3) is 2.14. The predicted molar refractivity (Wildman–Crippen MR) is 58.6 cm³/mol. The molecule has 0 atom stereocenters. The molecule has 17 heavy (non-hydrogen) atoms. The minimum atomic E-state index is -1.26. The lowest BCUT2D eigenvalue weighted by Gasteiger charge is -2.02. The summed E-state index contributed by atoms with van der Waals surface area (Å²) < 4.78 is 18.3. The molecule has 2 aromatic rings. The molecule has 0 aliphatic carbocycles. The molecule has 1 aromatic heterocycles. The van der Waals surface area contributed by atoms with Crippen molar-refractivity contribution in [2.24, 2.45) is 0 Å². The summed E-state index contributed by atoms with van der Waals surface area (Å²) in [5.74, 6) is -2.11. The Morgan fingerprint density at radius 3 is 2.76 bits per heavy atom. The predicted octanol–water partition coefficient (Wildman–Crippen LogP) is 3.14. The summed E-state index contributed by atoms with van der Waals surface area (Å²) in [5.41, 5.74) is 0.573. The van der Waals surface area contributed by atoms with Crippen LogP contribution in [0.3, 0.4) is 0 Å². The molecule has 1 N–H and O–H groups in total. The molecule has 4 nitrogen and oxygen atoms in total. The number of aromatic nitrogens is 1. The monoisotopic (exact) mass is 255 g/mol. The van der Waals surface area contributed by atoms with Crippen molar-refractivity contribution < 1.29 is 18.8 Å². The summed E-state index contributed by atoms with van der Waals surface area (Å²) >= 11 is 5.80. The highest BCUT2D eigenvalue weighted by molar-refractivity contribution is 6.31. The Balaban J connectivity index is 2.56. The number of carbonyl (C=O) groups is 1. The van der Waals surface area contributed by atoms with E-state index in [2.05, 4.69) is 9.68 Å². The maximum atomic E-state index is 13.8. The van der Waals surface area contributed by atoms with Gasteiger partial charge in [0.1, 0.15) is 11.5 Å². The van der Waals surface area contributed by atoms with Gasteiger partial charge in [0.2, 0.25) is 5.76 Å². The topological polar surface area (TPSA) is 63.3 Å². The molecule has 0 bridgehead atoms. The van der Waals surface area contributed by atoms with Gasteiger partial charge in [-0.25, -0.2) is 9.18 Å². The standard InChI is InChI=1S/C11H7ClFNO3/c1-5-2-6(12)3-7(10(5)13)8-4-9(11(15)16)17-14-8/h2-4H,1H3,(H,15,16). The van der Waals surface area contributed by atoms with Gasteiger partial charge >= 0.3 is 5.97 Å². The lowest BCUT2D eigenvalue weighted by molar-refractivity contribution is 0.0652. The smallest absolute Gasteiger partial charge is 0.374 e. The van der Waals surface area contributed by atoms with E-state index in [1.807, 2.05) is 0 Å². The van der Waals surface area contributed by atoms with E-state index >= 15 is 0 Å². The second kappa shape index (κ2) is 4.18. The maximum Gasteiger partial charge on any atom is 0.374 e. The molecule has 0 saturated carbocycles. The van der Waals surface area contributed by atoms with Crippen LogP contribution in [-0.2, 0) is 0 Å². The zero-order valence-electron chi connectivity index (χ0n) is 8.70. The average molecular weight is 256 g/mol. The number of carboxylic acid groups (broad SMARTS) is 1. The van der Waals surface area contributed by atoms with Gasteiger partial charge in [0, 0.05) is 16.7 Å². The molecule has 1 heterocycles. The van der Waals surface area contributed by atoms with Gasteiger partial charge in [0.25, 0.3) is 0 Å². The number of rotatable bonds is 2. The fourth-order valence-corrected chi connectivity index (χ4v) is 1.69. The Bertz CT molecular complexity index is 594. The van der Waals surface area contributed by atoms with Crippen molar-refractivity contribution in [2.75, 3.05) is 0 Å². The first-order valence-corrected chi connectivity index (χ1v) is 5.03. The van der Waals surface area contributed by atoms with Gasteiger partial charge in [-0.05, 0) is 24.6 Å². The SMILES string of the molecule is Cc1cc(Cl)cc(-c2cc(C(=O)O)on2)c1F. The molecule has 0 fully saturated rings. The summed E-state index contributed by atoms with van der Waals surface area (Å²) in [4.78, 5) is 10.6. The van der Waals surface area contributed by atoms with Crippen LogP contribution in [0.25, 0.3) is 11.3 Å². The molecule has 0 saturated heterocycles. The van der Waals surface area contributed by atoms with Crippen molar-refractivity contribution in [3.63, 3.8) is 0 Å². The minimum Gasteiger partial charge on any atom is -0.475 e. The zero-order valence-corrected chi connectivity index (χ0v) is 9.45. The Kier molecular flexibility index (Phi) is 2.85. The van der Waals surface area contributed by atoms with E-state index in [1.54, 1.807) is 6.92 Å². The van der Waals surface area contributed by atoms with Gasteiger partial charge in [-0.3, -0.25) is 0 Å². The summed E-state index contributed by atoms with van der Waals surface area (Å²) in [6.07, 6.45) is 0. The molecule has 0 aliphatic rings. The van der Waals surface area contributed by atoms with E-state index in [4.69, 9.17) is 16.7 Å². The van der Waals surface area contributed by atoms with E-state index < -0.39 is 11.8 Å². The number of hydrogen-bond donors (Lipinski definition) is 1. The molecule has 2 rings (SSSR count). The number of carboxylic acids is 1. The first-order valence-electron chi connectivity index (χ1n) is 4.65. The number of aryl methyl sites for hydroxylation is 1. The van der Waals surface area contributed by atoms with Crippen LogP contribution in [0.4, 0.5) is 4.39 Å². The lowest BCUT2D eigenvalue weighted by Crippen LogP contribution is -1.92. The van der Waals surface area contributed by atoms with E-state index in [0.29, 0.717) is 10.6 Å². The lowest BCUT2D eigenvalue weighted by atomic mass is 10.1. The van der Waals surface area contributed by atoms with Crippen molar-refractivity contribution in [3.8, 4) is 11.3 Å². The van der Waals surface area contributed by atoms with Gasteiger partial charge in [-0.1, -0.05) is 16.8 Å². The minimum absolute atomic E-state index is 0.102. The summed E-state index contributed by atoms with van der Waals surface area (Å²) in [7, 11) is 0. The number of nitrogens with zero attached hydrogens (tertiary/aromatic N) is 1. The summed E-state index contributed by atoms with van der Waals surface area (Å²) in [5, 5.41) is 12.5. The van der Waals surface area contributed by atoms with Gasteiger partial charge < -0.3 is 9.63 Å². The second-order valence-corrected chi connectivity index (χ2v) is 3.90. The second-order valence-electron chi connectivity index (χ2n) is 3.47. The fraction of sp³-hybridized carbons (Fsp3) is 0.0909. The highest BCUT2D eigenvalue weighted by Gasteiger charge is 2.16. The largest absolute Gasteiger partial charge is 0.475 e. The molecular formula is C11H7ClFNO3. The maximum absolute atomic E-state index is 13.8. The third-order valence-electron chi connectivity index (χ3n) is 2.22. The van der Waals surface area contributed by atoms with Gasteiger partial charge in [-0.2, -0.15) is 0 Å². The van der Waals surface area contributed by atoms with Crippen LogP contribution >= 0.6 is 11.6 Å². The van der Waals surface area contributed by atoms with Crippen molar-refractivity contribution in [1.29, 1.82) is 0 Å². The Morgan fingerprint density at radius 1 is 1.47 bits per heavy atom. The van der Waals surface area contributed by atoms with Crippen LogP contribution < -0.4 is 0 Å². The first-order chi connectivity index (χ1) is 7.99. The number of benzene rings is 1. The molecule has 0 aliphatic heterocycles. The number of aromatic carboxylic acids is 1. The molecule has 6 heteroatoms. The van der Waals surface area contributed by atoms with Crippen LogP contribution in [0.1, 0.15) is 16.1 Å².